The Morgan fingerprint density at radius 2 is 2.04 bits per heavy atom. The highest BCUT2D eigenvalue weighted by Gasteiger charge is 2.32. The molecule has 1 amide bonds. The van der Waals surface area contributed by atoms with Gasteiger partial charge in [-0.1, -0.05) is 30.3 Å². The van der Waals surface area contributed by atoms with E-state index in [0.29, 0.717) is 5.56 Å². The Balaban J connectivity index is 2.60. The van der Waals surface area contributed by atoms with Crippen LogP contribution in [0.1, 0.15) is 5.56 Å². The topological polar surface area (TPSA) is 132 Å². The molecule has 1 unspecified atom stereocenters. The molecule has 0 fully saturated rings. The summed E-state index contributed by atoms with van der Waals surface area (Å²) in [7, 11) is 0. The second-order valence-electron chi connectivity index (χ2n) is 5.49. The molecule has 0 aliphatic carbocycles. The first-order chi connectivity index (χ1) is 13.2. The van der Waals surface area contributed by atoms with Gasteiger partial charge in [-0.2, -0.15) is 4.98 Å². The van der Waals surface area contributed by atoms with E-state index in [0.717, 1.165) is 11.0 Å². The summed E-state index contributed by atoms with van der Waals surface area (Å²) in [5, 5.41) is 20.6. The number of rotatable bonds is 8. The quantitative estimate of drug-likeness (QED) is 0.457. The lowest BCUT2D eigenvalue weighted by Gasteiger charge is -2.32. The number of carbonyl (C=O) groups is 1. The van der Waals surface area contributed by atoms with E-state index in [-0.39, 0.29) is 16.8 Å². The molecule has 1 aromatic heterocycles. The number of hydrogen-bond donors (Lipinski definition) is 2. The number of halogens is 3. The molecule has 0 saturated carbocycles. The summed E-state index contributed by atoms with van der Waals surface area (Å²) in [4.78, 5) is 26.3. The number of nitrogens with zero attached hydrogens (tertiary/aromatic N) is 3. The molecule has 12 heteroatoms. The Hall–Kier alpha value is -2.86. The number of anilines is 1. The van der Waals surface area contributed by atoms with Crippen molar-refractivity contribution in [3.63, 3.8) is 0 Å². The van der Waals surface area contributed by atoms with Crippen LogP contribution in [0.4, 0.5) is 25.1 Å². The van der Waals surface area contributed by atoms with E-state index in [1.165, 1.54) is 0 Å². The second-order valence-corrected chi connectivity index (χ2v) is 6.35. The first-order valence-corrected chi connectivity index (χ1v) is 8.55. The van der Waals surface area contributed by atoms with Gasteiger partial charge >= 0.3 is 17.7 Å². The van der Waals surface area contributed by atoms with Crippen molar-refractivity contribution in [2.75, 3.05) is 11.5 Å². The minimum atomic E-state index is -2.96. The van der Waals surface area contributed by atoms with Gasteiger partial charge < -0.3 is 20.5 Å². The summed E-state index contributed by atoms with van der Waals surface area (Å²) in [6.07, 6.45) is -4.32. The molecule has 3 N–H and O–H groups in total. The average Bonchev–Trinajstić information content (AvgIpc) is 2.62. The molecule has 1 heterocycles. The van der Waals surface area contributed by atoms with E-state index in [1.807, 2.05) is 0 Å². The molecule has 0 saturated heterocycles. The third kappa shape index (κ3) is 5.10. The number of nitrogens with two attached hydrogens (primary N) is 1. The molecular weight excluding hydrogens is 446 g/mol. The van der Waals surface area contributed by atoms with Crippen LogP contribution in [0.5, 0.6) is 5.88 Å². The molecule has 0 bridgehead atoms. The number of pyridine rings is 1. The third-order valence-corrected chi connectivity index (χ3v) is 4.23. The molecule has 2 rings (SSSR count). The second kappa shape index (κ2) is 9.37. The van der Waals surface area contributed by atoms with Crippen molar-refractivity contribution in [1.82, 2.24) is 4.98 Å². The first kappa shape index (κ1) is 21.4. The van der Waals surface area contributed by atoms with Crippen molar-refractivity contribution < 1.29 is 28.3 Å². The lowest BCUT2D eigenvalue weighted by atomic mass is 10.1. The predicted octanol–water partition coefficient (Wildman–Crippen LogP) is 2.84. The number of primary amides is 1. The Morgan fingerprint density at radius 1 is 1.39 bits per heavy atom. The zero-order chi connectivity index (χ0) is 20.8. The van der Waals surface area contributed by atoms with E-state index in [9.17, 15) is 28.8 Å². The van der Waals surface area contributed by atoms with Crippen LogP contribution in [0.25, 0.3) is 0 Å². The van der Waals surface area contributed by atoms with Crippen molar-refractivity contribution in [2.24, 2.45) is 5.73 Å². The fourth-order valence-corrected chi connectivity index (χ4v) is 2.93. The van der Waals surface area contributed by atoms with Crippen LogP contribution in [-0.2, 0) is 6.54 Å². The summed E-state index contributed by atoms with van der Waals surface area (Å²) in [5.74, 6) is -0.940. The average molecular weight is 461 g/mol. The molecule has 9 nitrogen and oxygen atoms in total. The van der Waals surface area contributed by atoms with Gasteiger partial charge in [0.05, 0.1) is 16.0 Å². The van der Waals surface area contributed by atoms with E-state index < -0.39 is 41.7 Å². The molecule has 2 aromatic rings. The number of aliphatic hydroxyl groups excluding tert-OH is 1. The summed E-state index contributed by atoms with van der Waals surface area (Å²) >= 11 is 3.07. The van der Waals surface area contributed by atoms with Gasteiger partial charge in [0.1, 0.15) is 11.9 Å². The normalized spacial score (nSPS) is 11.9. The van der Waals surface area contributed by atoms with E-state index in [2.05, 4.69) is 25.7 Å². The summed E-state index contributed by atoms with van der Waals surface area (Å²) < 4.78 is 31.6. The molecular formula is C16H15BrF2N4O5. The largest absolute Gasteiger partial charge is 0.411 e. The van der Waals surface area contributed by atoms with Gasteiger partial charge in [-0.3, -0.25) is 10.1 Å². The Morgan fingerprint density at radius 3 is 2.54 bits per heavy atom. The summed E-state index contributed by atoms with van der Waals surface area (Å²) in [5.41, 5.74) is 4.83. The van der Waals surface area contributed by atoms with Crippen LogP contribution >= 0.6 is 15.9 Å². The number of amides is 1. The maximum atomic E-state index is 13.5. The molecule has 1 atom stereocenters. The summed E-state index contributed by atoms with van der Waals surface area (Å²) in [6, 6.07) is 7.77. The number of hydrogen-bond acceptors (Lipinski definition) is 7. The number of nitro groups is 1. The molecule has 1 aromatic carbocycles. The first-order valence-electron chi connectivity index (χ1n) is 7.76. The third-order valence-electron chi connectivity index (χ3n) is 3.64. The van der Waals surface area contributed by atoms with Crippen LogP contribution in [-0.4, -0.2) is 40.2 Å². The highest BCUT2D eigenvalue weighted by molar-refractivity contribution is 9.10. The Kier molecular flexibility index (Phi) is 7.18. The zero-order valence-electron chi connectivity index (χ0n) is 14.2. The van der Waals surface area contributed by atoms with Crippen LogP contribution in [0.15, 0.2) is 40.9 Å². The smallest absolute Gasteiger partial charge is 0.394 e. The summed E-state index contributed by atoms with van der Waals surface area (Å²) in [6.45, 7) is -1.02. The highest BCUT2D eigenvalue weighted by atomic mass is 79.9. The van der Waals surface area contributed by atoms with Crippen molar-refractivity contribution in [3.05, 3.63) is 56.5 Å². The Labute approximate surface area is 166 Å². The van der Waals surface area contributed by atoms with Crippen LogP contribution in [0.2, 0.25) is 0 Å². The van der Waals surface area contributed by atoms with E-state index in [4.69, 9.17) is 5.73 Å². The van der Waals surface area contributed by atoms with Crippen molar-refractivity contribution >= 4 is 33.5 Å². The lowest BCUT2D eigenvalue weighted by molar-refractivity contribution is -0.386. The van der Waals surface area contributed by atoms with Gasteiger partial charge in [-0.25, -0.2) is 13.6 Å². The maximum absolute atomic E-state index is 13.5. The number of aliphatic hydroxyl groups is 1. The van der Waals surface area contributed by atoms with Gasteiger partial charge in [0.25, 0.3) is 6.43 Å². The molecule has 0 radical (unpaired) electrons. The number of benzene rings is 1. The molecule has 0 aliphatic heterocycles. The predicted molar refractivity (Wildman–Crippen MR) is 98.3 cm³/mol. The molecule has 0 spiro atoms. The molecule has 150 valence electrons. The fraction of sp³-hybridized carbons (Fsp3) is 0.250. The lowest BCUT2D eigenvalue weighted by Crippen LogP contribution is -2.43. The van der Waals surface area contributed by atoms with Crippen LogP contribution in [0, 0.1) is 10.1 Å². The van der Waals surface area contributed by atoms with Crippen molar-refractivity contribution in [2.45, 2.75) is 19.0 Å². The monoisotopic (exact) mass is 460 g/mol. The van der Waals surface area contributed by atoms with Crippen LogP contribution < -0.4 is 15.4 Å². The van der Waals surface area contributed by atoms with Crippen molar-refractivity contribution in [3.8, 4) is 5.88 Å². The fourth-order valence-electron chi connectivity index (χ4n) is 2.40. The minimum absolute atomic E-state index is 0.00829. The highest BCUT2D eigenvalue weighted by Crippen LogP contribution is 2.36. The number of alkyl halides is 2. The zero-order valence-corrected chi connectivity index (χ0v) is 15.8. The van der Waals surface area contributed by atoms with Gasteiger partial charge in [0.15, 0.2) is 0 Å². The van der Waals surface area contributed by atoms with Crippen LogP contribution in [0.3, 0.4) is 0 Å². The van der Waals surface area contributed by atoms with Gasteiger partial charge in [0.2, 0.25) is 0 Å². The van der Waals surface area contributed by atoms with E-state index >= 15 is 0 Å². The number of carbonyl (C=O) groups excluding carboxylic acids is 1. The standard InChI is InChI=1S/C16H15BrF2N4O5/c17-10-6-11(23(26)27)15(28-16(20)25)21-14(10)22(12(8-24)13(18)19)7-9-4-2-1-3-5-9/h1-6,12-13,24H,7-8H2,(H2,20,25). The SMILES string of the molecule is NC(=O)Oc1nc(N(Cc2ccccc2)C(CO)C(F)F)c(Br)cc1[N+](=O)[O-]. The number of aromatic nitrogens is 1. The molecule has 28 heavy (non-hydrogen) atoms. The van der Waals surface area contributed by atoms with Gasteiger partial charge in [-0.05, 0) is 21.5 Å². The van der Waals surface area contributed by atoms with E-state index in [1.54, 1.807) is 30.3 Å². The minimum Gasteiger partial charge on any atom is -0.394 e. The maximum Gasteiger partial charge on any atom is 0.411 e. The number of ether oxygens (including phenoxy) is 1. The van der Waals surface area contributed by atoms with Gasteiger partial charge in [0, 0.05) is 12.6 Å². The molecule has 0 aliphatic rings. The van der Waals surface area contributed by atoms with Gasteiger partial charge in [-0.15, -0.1) is 0 Å². The van der Waals surface area contributed by atoms with Crippen molar-refractivity contribution in [1.29, 1.82) is 0 Å². The Bertz CT molecular complexity index is 856.